The second-order valence-electron chi connectivity index (χ2n) is 2.16. The maximum atomic E-state index is 11.8. The summed E-state index contributed by atoms with van der Waals surface area (Å²) < 4.78 is 13.1. The lowest BCUT2D eigenvalue weighted by atomic mass is 10.4. The van der Waals surface area contributed by atoms with Gasteiger partial charge in [0, 0.05) is 0 Å². The van der Waals surface area contributed by atoms with E-state index in [9.17, 15) is 9.18 Å². The molecule has 0 aliphatic heterocycles. The highest BCUT2D eigenvalue weighted by molar-refractivity contribution is 5.68. The average Bonchev–Trinajstić information content (AvgIpc) is 2.37. The topological polar surface area (TPSA) is 68.0 Å². The molecule has 0 fully saturated rings. The molecule has 6 heteroatoms. The van der Waals surface area contributed by atoms with Crippen molar-refractivity contribution in [1.82, 2.24) is 14.8 Å². The number of rotatable bonds is 4. The van der Waals surface area contributed by atoms with Crippen molar-refractivity contribution >= 4 is 5.97 Å². The van der Waals surface area contributed by atoms with Crippen molar-refractivity contribution < 1.29 is 14.3 Å². The minimum absolute atomic E-state index is 0.0581. The molecule has 0 atom stereocenters. The number of nitrogens with zero attached hydrogens (tertiary/aromatic N) is 3. The molecule has 1 aromatic rings. The summed E-state index contributed by atoms with van der Waals surface area (Å²) in [5.74, 6) is -0.719. The first-order valence-corrected chi connectivity index (χ1v) is 3.38. The molecule has 0 radical (unpaired) electrons. The Balaban J connectivity index is 2.69. The Labute approximate surface area is 67.8 Å². The summed E-state index contributed by atoms with van der Waals surface area (Å²) in [4.78, 5) is 13.9. The van der Waals surface area contributed by atoms with Gasteiger partial charge in [0.25, 0.3) is 0 Å². The third-order valence-electron chi connectivity index (χ3n) is 1.30. The van der Waals surface area contributed by atoms with Crippen LogP contribution in [0, 0.1) is 0 Å². The van der Waals surface area contributed by atoms with Gasteiger partial charge < -0.3 is 5.11 Å². The second-order valence-corrected chi connectivity index (χ2v) is 2.16. The predicted octanol–water partition coefficient (Wildman–Crippen LogP) is -0.125. The summed E-state index contributed by atoms with van der Waals surface area (Å²) in [6, 6.07) is 0. The van der Waals surface area contributed by atoms with Gasteiger partial charge in [-0.3, -0.25) is 4.79 Å². The lowest BCUT2D eigenvalue weighted by Gasteiger charge is -1.99. The van der Waals surface area contributed by atoms with Crippen LogP contribution in [0.1, 0.15) is 5.82 Å². The molecule has 66 valence electrons. The smallest absolute Gasteiger partial charge is 0.311 e. The summed E-state index contributed by atoms with van der Waals surface area (Å²) in [7, 11) is 0. The zero-order valence-electron chi connectivity index (χ0n) is 6.27. The number of aryl methyl sites for hydroxylation is 1. The minimum Gasteiger partial charge on any atom is -0.481 e. The van der Waals surface area contributed by atoms with E-state index in [2.05, 4.69) is 10.1 Å². The third-order valence-corrected chi connectivity index (χ3v) is 1.30. The fraction of sp³-hybridized carbons (Fsp3) is 0.500. The third kappa shape index (κ3) is 2.01. The van der Waals surface area contributed by atoms with Crippen LogP contribution in [-0.4, -0.2) is 32.5 Å². The van der Waals surface area contributed by atoms with Gasteiger partial charge in [0.1, 0.15) is 25.2 Å². The molecule has 0 bridgehead atoms. The molecule has 1 rings (SSSR count). The Hall–Kier alpha value is -1.46. The largest absolute Gasteiger partial charge is 0.481 e. The molecule has 0 saturated heterocycles. The summed E-state index contributed by atoms with van der Waals surface area (Å²) in [6.45, 7) is -0.515. The number of carboxylic acids is 1. The van der Waals surface area contributed by atoms with Gasteiger partial charge in [-0.25, -0.2) is 14.1 Å². The van der Waals surface area contributed by atoms with Crippen molar-refractivity contribution in [1.29, 1.82) is 0 Å². The molecule has 0 aliphatic rings. The van der Waals surface area contributed by atoms with E-state index in [0.29, 0.717) is 0 Å². The lowest BCUT2D eigenvalue weighted by Crippen LogP contribution is -2.11. The Morgan fingerprint density at radius 2 is 2.50 bits per heavy atom. The van der Waals surface area contributed by atoms with Crippen LogP contribution in [0.15, 0.2) is 6.33 Å². The maximum Gasteiger partial charge on any atom is 0.311 e. The summed E-state index contributed by atoms with van der Waals surface area (Å²) >= 11 is 0. The molecule has 0 unspecified atom stereocenters. The zero-order chi connectivity index (χ0) is 8.97. The number of carboxylic acid groups (broad SMARTS) is 1. The van der Waals surface area contributed by atoms with E-state index < -0.39 is 12.6 Å². The van der Waals surface area contributed by atoms with Crippen LogP contribution in [0.25, 0.3) is 0 Å². The Morgan fingerprint density at radius 1 is 1.75 bits per heavy atom. The summed E-state index contributed by atoms with van der Waals surface area (Å²) in [5.41, 5.74) is 0. The molecule has 0 spiro atoms. The van der Waals surface area contributed by atoms with E-state index in [-0.39, 0.29) is 18.8 Å². The molecule has 1 N–H and O–H groups in total. The van der Waals surface area contributed by atoms with Crippen LogP contribution >= 0.6 is 0 Å². The van der Waals surface area contributed by atoms with Gasteiger partial charge in [-0.1, -0.05) is 0 Å². The van der Waals surface area contributed by atoms with Gasteiger partial charge in [-0.2, -0.15) is 5.10 Å². The lowest BCUT2D eigenvalue weighted by molar-refractivity contribution is -0.136. The van der Waals surface area contributed by atoms with Gasteiger partial charge in [-0.15, -0.1) is 0 Å². The molecule has 0 amide bonds. The van der Waals surface area contributed by atoms with Gasteiger partial charge in [0.05, 0.1) is 6.54 Å². The number of halogens is 1. The number of aliphatic carboxylic acids is 1. The van der Waals surface area contributed by atoms with Gasteiger partial charge >= 0.3 is 5.97 Å². The van der Waals surface area contributed by atoms with E-state index in [0.717, 1.165) is 0 Å². The molecule has 1 aromatic heterocycles. The second kappa shape index (κ2) is 3.80. The van der Waals surface area contributed by atoms with Crippen LogP contribution in [0.3, 0.4) is 0 Å². The van der Waals surface area contributed by atoms with Crippen LogP contribution in [0.2, 0.25) is 0 Å². The van der Waals surface area contributed by atoms with Crippen molar-refractivity contribution in [3.8, 4) is 0 Å². The Kier molecular flexibility index (Phi) is 2.73. The van der Waals surface area contributed by atoms with Crippen LogP contribution in [0.5, 0.6) is 0 Å². The summed E-state index contributed by atoms with van der Waals surface area (Å²) in [6.07, 6.45) is 0.994. The monoisotopic (exact) mass is 173 g/mol. The SMILES string of the molecule is O=C(O)Cc1ncnn1CCF. The van der Waals surface area contributed by atoms with Gasteiger partial charge in [0.2, 0.25) is 0 Å². The highest BCUT2D eigenvalue weighted by atomic mass is 19.1. The summed E-state index contributed by atoms with van der Waals surface area (Å²) in [5, 5.41) is 12.1. The first-order chi connectivity index (χ1) is 5.74. The number of aromatic nitrogens is 3. The average molecular weight is 173 g/mol. The van der Waals surface area contributed by atoms with Crippen molar-refractivity contribution in [2.45, 2.75) is 13.0 Å². The fourth-order valence-corrected chi connectivity index (χ4v) is 0.827. The first-order valence-electron chi connectivity index (χ1n) is 3.38. The van der Waals surface area contributed by atoms with Crippen LogP contribution in [-0.2, 0) is 17.8 Å². The molecule has 12 heavy (non-hydrogen) atoms. The fourth-order valence-electron chi connectivity index (χ4n) is 0.827. The van der Waals surface area contributed by atoms with Crippen molar-refractivity contribution in [2.24, 2.45) is 0 Å². The highest BCUT2D eigenvalue weighted by Gasteiger charge is 2.07. The van der Waals surface area contributed by atoms with E-state index >= 15 is 0 Å². The molecule has 5 nitrogen and oxygen atoms in total. The van der Waals surface area contributed by atoms with E-state index in [1.54, 1.807) is 0 Å². The predicted molar refractivity (Wildman–Crippen MR) is 37.3 cm³/mol. The number of hydrogen-bond donors (Lipinski definition) is 1. The number of alkyl halides is 1. The van der Waals surface area contributed by atoms with Gasteiger partial charge in [0.15, 0.2) is 0 Å². The van der Waals surface area contributed by atoms with Gasteiger partial charge in [-0.05, 0) is 0 Å². The standard InChI is InChI=1S/C6H8FN3O2/c7-1-2-10-5(3-6(11)12)8-4-9-10/h4H,1-3H2,(H,11,12). The van der Waals surface area contributed by atoms with E-state index in [4.69, 9.17) is 5.11 Å². The molecule has 0 aliphatic carbocycles. The van der Waals surface area contributed by atoms with E-state index in [1.165, 1.54) is 11.0 Å². The molecule has 1 heterocycles. The van der Waals surface area contributed by atoms with Crippen molar-refractivity contribution in [3.63, 3.8) is 0 Å². The minimum atomic E-state index is -0.997. The molecular formula is C6H8FN3O2. The van der Waals surface area contributed by atoms with Crippen LogP contribution in [0.4, 0.5) is 4.39 Å². The molecule has 0 aromatic carbocycles. The Morgan fingerprint density at radius 3 is 3.08 bits per heavy atom. The first kappa shape index (κ1) is 8.63. The zero-order valence-corrected chi connectivity index (χ0v) is 6.27. The normalized spacial score (nSPS) is 10.1. The van der Waals surface area contributed by atoms with E-state index in [1.807, 2.05) is 0 Å². The van der Waals surface area contributed by atoms with Crippen molar-refractivity contribution in [2.75, 3.05) is 6.67 Å². The molecular weight excluding hydrogens is 165 g/mol. The number of hydrogen-bond acceptors (Lipinski definition) is 3. The quantitative estimate of drug-likeness (QED) is 0.688. The maximum absolute atomic E-state index is 11.8. The van der Waals surface area contributed by atoms with Crippen LogP contribution < -0.4 is 0 Å². The highest BCUT2D eigenvalue weighted by Crippen LogP contribution is 1.95. The number of carbonyl (C=O) groups is 1. The van der Waals surface area contributed by atoms with Crippen molar-refractivity contribution in [3.05, 3.63) is 12.2 Å². The Bertz CT molecular complexity index is 274. The molecule has 0 saturated carbocycles.